The molecule has 0 bridgehead atoms. The topological polar surface area (TPSA) is 58.2 Å². The van der Waals surface area contributed by atoms with E-state index in [1.165, 1.54) is 0 Å². The third-order valence-corrected chi connectivity index (χ3v) is 1.22. The molecule has 0 aliphatic carbocycles. The summed E-state index contributed by atoms with van der Waals surface area (Å²) in [7, 11) is 1.65. The SMILES string of the molecule is C=CC(=O)NCC(C=O)NC. The second-order valence-corrected chi connectivity index (χ2v) is 1.98. The minimum atomic E-state index is -0.320. The number of amides is 1. The molecule has 0 aliphatic rings. The first-order valence-electron chi connectivity index (χ1n) is 3.27. The molecular formula is C7H12N2O2. The summed E-state index contributed by atoms with van der Waals surface area (Å²) in [5.41, 5.74) is 0. The van der Waals surface area contributed by atoms with Crippen LogP contribution in [0.5, 0.6) is 0 Å². The lowest BCUT2D eigenvalue weighted by atomic mass is 10.3. The number of hydrogen-bond acceptors (Lipinski definition) is 3. The van der Waals surface area contributed by atoms with Crippen LogP contribution in [0.4, 0.5) is 0 Å². The highest BCUT2D eigenvalue weighted by atomic mass is 16.1. The standard InChI is InChI=1S/C7H12N2O2/c1-3-7(11)9-4-6(5-10)8-2/h3,5-6,8H,1,4H2,2H3,(H,9,11). The van der Waals surface area contributed by atoms with E-state index in [0.29, 0.717) is 6.54 Å². The molecule has 0 aliphatic heterocycles. The fourth-order valence-electron chi connectivity index (χ4n) is 0.501. The van der Waals surface area contributed by atoms with Crippen LogP contribution in [0.3, 0.4) is 0 Å². The fraction of sp³-hybridized carbons (Fsp3) is 0.429. The Kier molecular flexibility index (Phi) is 5.02. The molecule has 2 N–H and O–H groups in total. The molecule has 0 fully saturated rings. The van der Waals surface area contributed by atoms with Gasteiger partial charge < -0.3 is 15.4 Å². The summed E-state index contributed by atoms with van der Waals surface area (Å²) < 4.78 is 0. The van der Waals surface area contributed by atoms with Gasteiger partial charge in [-0.25, -0.2) is 0 Å². The molecule has 0 aromatic rings. The summed E-state index contributed by atoms with van der Waals surface area (Å²) in [6, 6.07) is -0.320. The molecule has 0 rings (SSSR count). The maximum atomic E-state index is 10.6. The van der Waals surface area contributed by atoms with Crippen molar-refractivity contribution in [2.24, 2.45) is 0 Å². The zero-order valence-corrected chi connectivity index (χ0v) is 6.46. The summed E-state index contributed by atoms with van der Waals surface area (Å²) in [5.74, 6) is -0.271. The van der Waals surface area contributed by atoms with Crippen molar-refractivity contribution in [3.05, 3.63) is 12.7 Å². The van der Waals surface area contributed by atoms with E-state index in [1.54, 1.807) is 7.05 Å². The van der Waals surface area contributed by atoms with Gasteiger partial charge in [-0.15, -0.1) is 0 Å². The van der Waals surface area contributed by atoms with Gasteiger partial charge in [0.15, 0.2) is 0 Å². The molecule has 4 heteroatoms. The van der Waals surface area contributed by atoms with E-state index in [4.69, 9.17) is 0 Å². The predicted molar refractivity (Wildman–Crippen MR) is 42.1 cm³/mol. The van der Waals surface area contributed by atoms with E-state index in [-0.39, 0.29) is 11.9 Å². The highest BCUT2D eigenvalue weighted by molar-refractivity contribution is 5.87. The fourth-order valence-corrected chi connectivity index (χ4v) is 0.501. The molecule has 1 unspecified atom stereocenters. The maximum absolute atomic E-state index is 10.6. The minimum absolute atomic E-state index is 0.271. The highest BCUT2D eigenvalue weighted by Crippen LogP contribution is 1.73. The number of carbonyl (C=O) groups excluding carboxylic acids is 2. The predicted octanol–water partition coefficient (Wildman–Crippen LogP) is -0.924. The average Bonchev–Trinajstić information content (AvgIpc) is 2.06. The lowest BCUT2D eigenvalue weighted by Gasteiger charge is -2.07. The van der Waals surface area contributed by atoms with Crippen LogP contribution in [0.1, 0.15) is 0 Å². The number of likely N-dealkylation sites (N-methyl/N-ethyl adjacent to an activating group) is 1. The Morgan fingerprint density at radius 2 is 2.36 bits per heavy atom. The summed E-state index contributed by atoms with van der Waals surface area (Å²) >= 11 is 0. The van der Waals surface area contributed by atoms with Gasteiger partial charge in [0.05, 0.1) is 6.04 Å². The Labute approximate surface area is 65.7 Å². The summed E-state index contributed by atoms with van der Waals surface area (Å²) in [5, 5.41) is 5.20. The van der Waals surface area contributed by atoms with Gasteiger partial charge in [0, 0.05) is 6.54 Å². The van der Waals surface area contributed by atoms with E-state index >= 15 is 0 Å². The second kappa shape index (κ2) is 5.61. The summed E-state index contributed by atoms with van der Waals surface area (Å²) in [4.78, 5) is 20.8. The lowest BCUT2D eigenvalue weighted by molar-refractivity contribution is -0.116. The number of aldehydes is 1. The summed E-state index contributed by atoms with van der Waals surface area (Å²) in [6.07, 6.45) is 1.90. The Morgan fingerprint density at radius 3 is 2.73 bits per heavy atom. The molecule has 0 saturated heterocycles. The van der Waals surface area contributed by atoms with Crippen molar-refractivity contribution in [2.75, 3.05) is 13.6 Å². The molecule has 1 amide bonds. The van der Waals surface area contributed by atoms with Crippen molar-refractivity contribution < 1.29 is 9.59 Å². The quantitative estimate of drug-likeness (QED) is 0.399. The molecule has 11 heavy (non-hydrogen) atoms. The molecule has 1 atom stereocenters. The van der Waals surface area contributed by atoms with Crippen LogP contribution in [-0.4, -0.2) is 31.8 Å². The molecular weight excluding hydrogens is 144 g/mol. The third-order valence-electron chi connectivity index (χ3n) is 1.22. The van der Waals surface area contributed by atoms with Gasteiger partial charge in [-0.1, -0.05) is 6.58 Å². The Bertz CT molecular complexity index is 157. The first-order chi connectivity index (χ1) is 5.24. The van der Waals surface area contributed by atoms with Crippen molar-refractivity contribution in [2.45, 2.75) is 6.04 Å². The van der Waals surface area contributed by atoms with Gasteiger partial charge in [0.1, 0.15) is 6.29 Å². The van der Waals surface area contributed by atoms with Crippen molar-refractivity contribution in [1.82, 2.24) is 10.6 Å². The van der Waals surface area contributed by atoms with Crippen molar-refractivity contribution in [3.8, 4) is 0 Å². The van der Waals surface area contributed by atoms with Crippen LogP contribution in [0.2, 0.25) is 0 Å². The van der Waals surface area contributed by atoms with Gasteiger partial charge in [-0.3, -0.25) is 4.79 Å². The average molecular weight is 156 g/mol. The van der Waals surface area contributed by atoms with Gasteiger partial charge in [0.2, 0.25) is 5.91 Å². The summed E-state index contributed by atoms with van der Waals surface area (Å²) in [6.45, 7) is 3.57. The van der Waals surface area contributed by atoms with Crippen molar-refractivity contribution >= 4 is 12.2 Å². The highest BCUT2D eigenvalue weighted by Gasteiger charge is 2.03. The van der Waals surface area contributed by atoms with Crippen molar-refractivity contribution in [1.29, 1.82) is 0 Å². The number of nitrogens with one attached hydrogen (secondary N) is 2. The van der Waals surface area contributed by atoms with Crippen LogP contribution in [0.15, 0.2) is 12.7 Å². The van der Waals surface area contributed by atoms with E-state index in [0.717, 1.165) is 12.4 Å². The molecule has 0 saturated carbocycles. The largest absolute Gasteiger partial charge is 0.351 e. The zero-order chi connectivity index (χ0) is 8.69. The first-order valence-corrected chi connectivity index (χ1v) is 3.27. The van der Waals surface area contributed by atoms with Gasteiger partial charge in [-0.2, -0.15) is 0 Å². The smallest absolute Gasteiger partial charge is 0.243 e. The van der Waals surface area contributed by atoms with E-state index in [1.807, 2.05) is 0 Å². The zero-order valence-electron chi connectivity index (χ0n) is 6.46. The molecule has 0 spiro atoms. The minimum Gasteiger partial charge on any atom is -0.351 e. The van der Waals surface area contributed by atoms with Crippen LogP contribution in [0.25, 0.3) is 0 Å². The van der Waals surface area contributed by atoms with E-state index < -0.39 is 0 Å². The number of hydrogen-bond donors (Lipinski definition) is 2. The molecule has 0 aromatic carbocycles. The van der Waals surface area contributed by atoms with E-state index in [2.05, 4.69) is 17.2 Å². The third kappa shape index (κ3) is 4.27. The maximum Gasteiger partial charge on any atom is 0.243 e. The Morgan fingerprint density at radius 1 is 1.73 bits per heavy atom. The van der Waals surface area contributed by atoms with Crippen molar-refractivity contribution in [3.63, 3.8) is 0 Å². The molecule has 0 radical (unpaired) electrons. The molecule has 0 heterocycles. The monoisotopic (exact) mass is 156 g/mol. The van der Waals surface area contributed by atoms with Crippen LogP contribution < -0.4 is 10.6 Å². The first kappa shape index (κ1) is 9.84. The van der Waals surface area contributed by atoms with Gasteiger partial charge in [0.25, 0.3) is 0 Å². The number of carbonyl (C=O) groups is 2. The molecule has 0 aromatic heterocycles. The number of rotatable bonds is 5. The van der Waals surface area contributed by atoms with Crippen LogP contribution >= 0.6 is 0 Å². The Hall–Kier alpha value is -1.16. The van der Waals surface area contributed by atoms with Crippen LogP contribution in [0, 0.1) is 0 Å². The van der Waals surface area contributed by atoms with E-state index in [9.17, 15) is 9.59 Å². The molecule has 62 valence electrons. The van der Waals surface area contributed by atoms with Gasteiger partial charge in [-0.05, 0) is 13.1 Å². The Balaban J connectivity index is 3.58. The molecule has 4 nitrogen and oxygen atoms in total. The normalized spacial score (nSPS) is 11.7. The van der Waals surface area contributed by atoms with Crippen LogP contribution in [-0.2, 0) is 9.59 Å². The second-order valence-electron chi connectivity index (χ2n) is 1.98. The lowest BCUT2D eigenvalue weighted by Crippen LogP contribution is -2.39. The van der Waals surface area contributed by atoms with Gasteiger partial charge >= 0.3 is 0 Å².